The lowest BCUT2D eigenvalue weighted by atomic mass is 10.1. The molecule has 0 aliphatic rings. The van der Waals surface area contributed by atoms with E-state index >= 15 is 0 Å². The van der Waals surface area contributed by atoms with Crippen molar-refractivity contribution in [3.05, 3.63) is 34.1 Å². The van der Waals surface area contributed by atoms with Gasteiger partial charge in [0.15, 0.2) is 0 Å². The summed E-state index contributed by atoms with van der Waals surface area (Å²) in [7, 11) is 0. The Hall–Kier alpha value is -0.490. The van der Waals surface area contributed by atoms with Crippen LogP contribution in [-0.2, 0) is 0 Å². The maximum atomic E-state index is 13.9. The minimum atomic E-state index is -0.222. The fourth-order valence-electron chi connectivity index (χ4n) is 2.04. The fourth-order valence-corrected chi connectivity index (χ4v) is 2.37. The van der Waals surface area contributed by atoms with E-state index in [0.29, 0.717) is 12.1 Å². The summed E-state index contributed by atoms with van der Waals surface area (Å²) in [6, 6.07) is 4.96. The van der Waals surface area contributed by atoms with Crippen molar-refractivity contribution in [2.45, 2.75) is 19.9 Å². The van der Waals surface area contributed by atoms with E-state index in [2.05, 4.69) is 40.0 Å². The molecule has 0 aromatic heterocycles. The molecule has 3 N–H and O–H groups in total. The first-order valence-corrected chi connectivity index (χ1v) is 7.52. The Morgan fingerprint density at radius 2 is 2.05 bits per heavy atom. The number of hydrogen-bond donors (Lipinski definition) is 2. The van der Waals surface area contributed by atoms with E-state index in [9.17, 15) is 4.39 Å². The Morgan fingerprint density at radius 1 is 1.37 bits per heavy atom. The maximum absolute atomic E-state index is 13.9. The quantitative estimate of drug-likeness (QED) is 0.769. The smallest absolute Gasteiger partial charge is 0.129 e. The van der Waals surface area contributed by atoms with Gasteiger partial charge in [-0.3, -0.25) is 0 Å². The fraction of sp³-hybridized carbons (Fsp3) is 0.571. The van der Waals surface area contributed by atoms with Crippen molar-refractivity contribution in [3.63, 3.8) is 0 Å². The van der Waals surface area contributed by atoms with E-state index in [1.807, 2.05) is 6.07 Å². The normalized spacial score (nSPS) is 12.9. The molecule has 108 valence electrons. The van der Waals surface area contributed by atoms with Crippen LogP contribution in [0, 0.1) is 5.82 Å². The number of nitrogens with two attached hydrogens (primary N) is 1. The topological polar surface area (TPSA) is 41.3 Å². The molecular weight excluding hydrogens is 309 g/mol. The van der Waals surface area contributed by atoms with Gasteiger partial charge in [0.2, 0.25) is 0 Å². The molecule has 1 aromatic rings. The van der Waals surface area contributed by atoms with Crippen LogP contribution in [0.5, 0.6) is 0 Å². The highest BCUT2D eigenvalue weighted by molar-refractivity contribution is 9.10. The minimum absolute atomic E-state index is 0.135. The molecule has 0 amide bonds. The molecular formula is C14H23BrFN3. The summed E-state index contributed by atoms with van der Waals surface area (Å²) >= 11 is 3.26. The molecule has 0 spiro atoms. The van der Waals surface area contributed by atoms with Crippen molar-refractivity contribution in [2.24, 2.45) is 5.73 Å². The van der Waals surface area contributed by atoms with Crippen LogP contribution in [0.3, 0.4) is 0 Å². The lowest BCUT2D eigenvalue weighted by molar-refractivity contribution is 0.296. The summed E-state index contributed by atoms with van der Waals surface area (Å²) < 4.78 is 14.6. The van der Waals surface area contributed by atoms with Crippen molar-refractivity contribution in [1.29, 1.82) is 0 Å². The second kappa shape index (κ2) is 8.64. The first-order valence-electron chi connectivity index (χ1n) is 6.73. The Labute approximate surface area is 123 Å². The second-order valence-electron chi connectivity index (χ2n) is 4.44. The van der Waals surface area contributed by atoms with Gasteiger partial charge in [0.05, 0.1) is 0 Å². The summed E-state index contributed by atoms with van der Waals surface area (Å²) in [4.78, 5) is 2.32. The van der Waals surface area contributed by atoms with Crippen LogP contribution in [0.4, 0.5) is 4.39 Å². The monoisotopic (exact) mass is 331 g/mol. The first kappa shape index (κ1) is 16.6. The van der Waals surface area contributed by atoms with Crippen LogP contribution in [-0.4, -0.2) is 37.6 Å². The molecule has 0 radical (unpaired) electrons. The van der Waals surface area contributed by atoms with Crippen LogP contribution in [0.1, 0.15) is 25.5 Å². The van der Waals surface area contributed by atoms with Crippen molar-refractivity contribution in [2.75, 3.05) is 32.7 Å². The van der Waals surface area contributed by atoms with E-state index in [0.717, 1.165) is 30.7 Å². The van der Waals surface area contributed by atoms with Crippen LogP contribution < -0.4 is 11.1 Å². The lowest BCUT2D eigenvalue weighted by Crippen LogP contribution is -2.36. The molecule has 1 rings (SSSR count). The number of likely N-dealkylation sites (N-methyl/N-ethyl adjacent to an activating group) is 1. The standard InChI is InChI=1S/C14H23BrFN3/c1-3-19(4-2)8-7-18-14(10-17)12-6-5-11(15)9-13(12)16/h5-6,9,14,18H,3-4,7-8,10,17H2,1-2H3. The number of nitrogens with zero attached hydrogens (tertiary/aromatic N) is 1. The van der Waals surface area contributed by atoms with Gasteiger partial charge in [-0.15, -0.1) is 0 Å². The van der Waals surface area contributed by atoms with Crippen molar-refractivity contribution in [1.82, 2.24) is 10.2 Å². The van der Waals surface area contributed by atoms with E-state index in [4.69, 9.17) is 5.73 Å². The second-order valence-corrected chi connectivity index (χ2v) is 5.35. The average molecular weight is 332 g/mol. The summed E-state index contributed by atoms with van der Waals surface area (Å²) in [5, 5.41) is 3.32. The van der Waals surface area contributed by atoms with Gasteiger partial charge in [-0.05, 0) is 25.2 Å². The number of halogens is 2. The SMILES string of the molecule is CCN(CC)CCNC(CN)c1ccc(Br)cc1F. The minimum Gasteiger partial charge on any atom is -0.329 e. The van der Waals surface area contributed by atoms with Crippen LogP contribution in [0.15, 0.2) is 22.7 Å². The van der Waals surface area contributed by atoms with Crippen LogP contribution in [0.2, 0.25) is 0 Å². The summed E-state index contributed by atoms with van der Waals surface area (Å²) in [5.74, 6) is -0.222. The van der Waals surface area contributed by atoms with Crippen molar-refractivity contribution in [3.8, 4) is 0 Å². The van der Waals surface area contributed by atoms with Crippen LogP contribution >= 0.6 is 15.9 Å². The Balaban J connectivity index is 2.58. The lowest BCUT2D eigenvalue weighted by Gasteiger charge is -2.22. The highest BCUT2D eigenvalue weighted by atomic mass is 79.9. The average Bonchev–Trinajstić information content (AvgIpc) is 2.40. The number of benzene rings is 1. The molecule has 1 unspecified atom stereocenters. The highest BCUT2D eigenvalue weighted by Gasteiger charge is 2.14. The van der Waals surface area contributed by atoms with E-state index in [-0.39, 0.29) is 11.9 Å². The zero-order valence-electron chi connectivity index (χ0n) is 11.6. The maximum Gasteiger partial charge on any atom is 0.129 e. The molecule has 19 heavy (non-hydrogen) atoms. The van der Waals surface area contributed by atoms with Crippen LogP contribution in [0.25, 0.3) is 0 Å². The van der Waals surface area contributed by atoms with E-state index < -0.39 is 0 Å². The molecule has 0 aliphatic heterocycles. The molecule has 0 bridgehead atoms. The molecule has 0 aliphatic carbocycles. The van der Waals surface area contributed by atoms with Gasteiger partial charge in [-0.25, -0.2) is 4.39 Å². The molecule has 0 heterocycles. The number of nitrogens with one attached hydrogen (secondary N) is 1. The van der Waals surface area contributed by atoms with Gasteiger partial charge in [0, 0.05) is 35.7 Å². The Kier molecular flexibility index (Phi) is 7.53. The summed E-state index contributed by atoms with van der Waals surface area (Å²) in [5.41, 5.74) is 6.37. The zero-order chi connectivity index (χ0) is 14.3. The molecule has 0 fully saturated rings. The van der Waals surface area contributed by atoms with Gasteiger partial charge < -0.3 is 16.0 Å². The molecule has 1 atom stereocenters. The first-order chi connectivity index (χ1) is 9.12. The Morgan fingerprint density at radius 3 is 2.58 bits per heavy atom. The molecule has 0 saturated heterocycles. The predicted octanol–water partition coefficient (Wildman–Crippen LogP) is 2.52. The molecule has 0 saturated carbocycles. The largest absolute Gasteiger partial charge is 0.329 e. The van der Waals surface area contributed by atoms with Gasteiger partial charge >= 0.3 is 0 Å². The predicted molar refractivity (Wildman–Crippen MR) is 81.7 cm³/mol. The Bertz CT molecular complexity index is 383. The van der Waals surface area contributed by atoms with E-state index in [1.54, 1.807) is 6.07 Å². The third-order valence-electron chi connectivity index (χ3n) is 3.29. The molecule has 5 heteroatoms. The molecule has 3 nitrogen and oxygen atoms in total. The van der Waals surface area contributed by atoms with Gasteiger partial charge in [0.1, 0.15) is 5.82 Å². The number of hydrogen-bond acceptors (Lipinski definition) is 3. The summed E-state index contributed by atoms with van der Waals surface area (Å²) in [6.45, 7) is 8.46. The van der Waals surface area contributed by atoms with Crippen molar-refractivity contribution < 1.29 is 4.39 Å². The van der Waals surface area contributed by atoms with Crippen molar-refractivity contribution >= 4 is 15.9 Å². The zero-order valence-corrected chi connectivity index (χ0v) is 13.2. The third-order valence-corrected chi connectivity index (χ3v) is 3.78. The van der Waals surface area contributed by atoms with E-state index in [1.165, 1.54) is 6.07 Å². The van der Waals surface area contributed by atoms with Gasteiger partial charge in [0.25, 0.3) is 0 Å². The van der Waals surface area contributed by atoms with Gasteiger partial charge in [-0.1, -0.05) is 35.8 Å². The van der Waals surface area contributed by atoms with Gasteiger partial charge in [-0.2, -0.15) is 0 Å². The summed E-state index contributed by atoms with van der Waals surface area (Å²) in [6.07, 6.45) is 0. The molecule has 1 aromatic carbocycles. The number of rotatable bonds is 8. The third kappa shape index (κ3) is 5.18. The highest BCUT2D eigenvalue weighted by Crippen LogP contribution is 2.20.